The molecule has 1 aliphatic heterocycles. The number of ether oxygens (including phenoxy) is 1. The molecule has 3 aromatic rings. The summed E-state index contributed by atoms with van der Waals surface area (Å²) in [5, 5.41) is 6.94. The number of carbonyl (C=O) groups excluding carboxylic acids is 2. The molecule has 1 N–H and O–H groups in total. The maximum atomic E-state index is 14.7. The maximum absolute atomic E-state index is 14.7. The Morgan fingerprint density at radius 3 is 2.89 bits per heavy atom. The van der Waals surface area contributed by atoms with E-state index >= 15 is 0 Å². The number of anilines is 1. The van der Waals surface area contributed by atoms with Crippen molar-refractivity contribution in [1.82, 2.24) is 19.5 Å². The van der Waals surface area contributed by atoms with E-state index in [4.69, 9.17) is 4.74 Å². The Labute approximate surface area is 203 Å². The Morgan fingerprint density at radius 1 is 1.31 bits per heavy atom. The van der Waals surface area contributed by atoms with Gasteiger partial charge in [0.2, 0.25) is 17.7 Å². The minimum atomic E-state index is -0.831. The first-order valence-electron chi connectivity index (χ1n) is 11.6. The highest BCUT2D eigenvalue weighted by atomic mass is 19.1. The summed E-state index contributed by atoms with van der Waals surface area (Å²) in [6.45, 7) is 6.30. The quantitative estimate of drug-likeness (QED) is 0.381. The van der Waals surface area contributed by atoms with Gasteiger partial charge in [0, 0.05) is 30.1 Å². The molecule has 0 spiro atoms. The van der Waals surface area contributed by atoms with Gasteiger partial charge in [-0.3, -0.25) is 9.59 Å². The topological polar surface area (TPSA) is 88.8 Å². The first-order chi connectivity index (χ1) is 16.9. The summed E-state index contributed by atoms with van der Waals surface area (Å²) < 4.78 is 21.9. The summed E-state index contributed by atoms with van der Waals surface area (Å²) in [6, 6.07) is 7.44. The molecule has 1 unspecified atom stereocenters. The van der Waals surface area contributed by atoms with Gasteiger partial charge in [0.25, 0.3) is 0 Å². The van der Waals surface area contributed by atoms with Gasteiger partial charge in [-0.1, -0.05) is 19.1 Å². The van der Waals surface area contributed by atoms with Gasteiger partial charge in [-0.25, -0.2) is 13.9 Å². The molecule has 1 aromatic carbocycles. The molecule has 2 amide bonds. The van der Waals surface area contributed by atoms with Gasteiger partial charge in [0.05, 0.1) is 11.9 Å². The molecule has 0 saturated carbocycles. The van der Waals surface area contributed by atoms with E-state index in [0.717, 1.165) is 17.8 Å². The fraction of sp³-hybridized carbons (Fsp3) is 0.308. The third kappa shape index (κ3) is 5.40. The number of fused-ring (bicyclic) bond motifs is 1. The minimum Gasteiger partial charge on any atom is -0.434 e. The summed E-state index contributed by atoms with van der Waals surface area (Å²) in [6.07, 6.45) is 9.38. The van der Waals surface area contributed by atoms with Gasteiger partial charge in [-0.2, -0.15) is 0 Å². The minimum absolute atomic E-state index is 0.0349. The summed E-state index contributed by atoms with van der Waals surface area (Å²) in [5.74, 6) is -2.02. The van der Waals surface area contributed by atoms with Crippen LogP contribution in [0.1, 0.15) is 38.8 Å². The SMILES string of the molecule is C/C=C\C(=C/CC)N1CCCC(C(=O)Nc2ccc(Oc3ccc4nc(C)cn4n3)c(F)c2)C1=O. The molecular weight excluding hydrogens is 449 g/mol. The molecular formula is C26H28FN5O3. The van der Waals surface area contributed by atoms with Crippen LogP contribution >= 0.6 is 0 Å². The van der Waals surface area contributed by atoms with Gasteiger partial charge in [-0.15, -0.1) is 5.10 Å². The van der Waals surface area contributed by atoms with E-state index in [1.54, 1.807) is 27.7 Å². The third-order valence-corrected chi connectivity index (χ3v) is 5.65. The van der Waals surface area contributed by atoms with Crippen LogP contribution in [0.4, 0.5) is 10.1 Å². The van der Waals surface area contributed by atoms with Crippen LogP contribution in [0.25, 0.3) is 5.65 Å². The fourth-order valence-corrected chi connectivity index (χ4v) is 4.06. The Morgan fingerprint density at radius 2 is 2.14 bits per heavy atom. The number of aromatic nitrogens is 3. The van der Waals surface area contributed by atoms with Crippen LogP contribution in [-0.2, 0) is 9.59 Å². The normalized spacial score (nSPS) is 16.8. The average Bonchev–Trinajstić information content (AvgIpc) is 3.20. The number of nitrogens with one attached hydrogen (secondary N) is 1. The van der Waals surface area contributed by atoms with E-state index in [0.29, 0.717) is 25.0 Å². The Balaban J connectivity index is 1.45. The average molecular weight is 478 g/mol. The number of piperidine rings is 1. The molecule has 8 nitrogen and oxygen atoms in total. The molecule has 3 heterocycles. The van der Waals surface area contributed by atoms with Gasteiger partial charge in [0.1, 0.15) is 5.92 Å². The molecule has 1 atom stereocenters. The highest BCUT2D eigenvalue weighted by Crippen LogP contribution is 2.28. The van der Waals surface area contributed by atoms with Crippen LogP contribution < -0.4 is 10.1 Å². The van der Waals surface area contributed by atoms with Gasteiger partial charge in [0.15, 0.2) is 17.2 Å². The Bertz CT molecular complexity index is 1310. The molecule has 1 aliphatic rings. The molecule has 1 saturated heterocycles. The number of carbonyl (C=O) groups is 2. The van der Waals surface area contributed by atoms with Gasteiger partial charge < -0.3 is 15.0 Å². The van der Waals surface area contributed by atoms with E-state index in [1.807, 2.05) is 39.0 Å². The van der Waals surface area contributed by atoms with Crippen LogP contribution in [0, 0.1) is 18.7 Å². The maximum Gasteiger partial charge on any atom is 0.239 e. The Kier molecular flexibility index (Phi) is 7.24. The number of amides is 2. The number of imidazole rings is 1. The van der Waals surface area contributed by atoms with Crippen LogP contribution in [0.3, 0.4) is 0 Å². The van der Waals surface area contributed by atoms with Crippen molar-refractivity contribution in [3.63, 3.8) is 0 Å². The zero-order valence-electron chi connectivity index (χ0n) is 20.0. The highest BCUT2D eigenvalue weighted by molar-refractivity contribution is 6.07. The third-order valence-electron chi connectivity index (χ3n) is 5.65. The zero-order valence-corrected chi connectivity index (χ0v) is 20.0. The van der Waals surface area contributed by atoms with Crippen molar-refractivity contribution < 1.29 is 18.7 Å². The zero-order chi connectivity index (χ0) is 24.9. The predicted molar refractivity (Wildman–Crippen MR) is 130 cm³/mol. The molecule has 182 valence electrons. The van der Waals surface area contributed by atoms with E-state index in [-0.39, 0.29) is 23.2 Å². The lowest BCUT2D eigenvalue weighted by atomic mass is 9.95. The van der Waals surface area contributed by atoms with Crippen molar-refractivity contribution in [1.29, 1.82) is 0 Å². The number of nitrogens with zero attached hydrogens (tertiary/aromatic N) is 4. The first kappa shape index (κ1) is 24.1. The smallest absolute Gasteiger partial charge is 0.239 e. The van der Waals surface area contributed by atoms with Crippen LogP contribution in [0.5, 0.6) is 11.6 Å². The summed E-state index contributed by atoms with van der Waals surface area (Å²) >= 11 is 0. The lowest BCUT2D eigenvalue weighted by Gasteiger charge is -2.32. The number of hydrogen-bond acceptors (Lipinski definition) is 5. The second-order valence-corrected chi connectivity index (χ2v) is 8.32. The van der Waals surface area contributed by atoms with Crippen molar-refractivity contribution in [2.24, 2.45) is 5.92 Å². The van der Waals surface area contributed by atoms with Crippen LogP contribution in [-0.4, -0.2) is 37.9 Å². The number of likely N-dealkylation sites (tertiary alicyclic amines) is 1. The number of benzene rings is 1. The lowest BCUT2D eigenvalue weighted by Crippen LogP contribution is -2.45. The fourth-order valence-electron chi connectivity index (χ4n) is 4.06. The van der Waals surface area contributed by atoms with E-state index in [2.05, 4.69) is 15.4 Å². The molecule has 2 aromatic heterocycles. The standard InChI is InChI=1S/C26H28FN5O3/c1-4-7-19(8-5-2)31-14-6-9-20(26(31)34)25(33)29-18-10-11-22(21(27)15-18)35-24-13-12-23-28-17(3)16-32(23)30-24/h4,7-8,10-13,15-16,20H,5-6,9,14H2,1-3H3,(H,29,33)/b7-4-,19-8+. The highest BCUT2D eigenvalue weighted by Gasteiger charge is 2.35. The molecule has 9 heteroatoms. The number of halogens is 1. The number of aryl methyl sites for hydroxylation is 1. The summed E-state index contributed by atoms with van der Waals surface area (Å²) in [7, 11) is 0. The molecule has 35 heavy (non-hydrogen) atoms. The number of allylic oxidation sites excluding steroid dienone is 3. The van der Waals surface area contributed by atoms with Crippen molar-refractivity contribution in [3.05, 3.63) is 72.0 Å². The number of rotatable bonds is 7. The van der Waals surface area contributed by atoms with Crippen LogP contribution in [0.2, 0.25) is 0 Å². The predicted octanol–water partition coefficient (Wildman–Crippen LogP) is 5.02. The monoisotopic (exact) mass is 477 g/mol. The van der Waals surface area contributed by atoms with Crippen molar-refractivity contribution in [2.75, 3.05) is 11.9 Å². The Hall–Kier alpha value is -4.01. The van der Waals surface area contributed by atoms with E-state index < -0.39 is 17.6 Å². The molecule has 4 rings (SSSR count). The van der Waals surface area contributed by atoms with Crippen molar-refractivity contribution in [2.45, 2.75) is 40.0 Å². The second kappa shape index (κ2) is 10.5. The second-order valence-electron chi connectivity index (χ2n) is 8.32. The van der Waals surface area contributed by atoms with Gasteiger partial charge >= 0.3 is 0 Å². The lowest BCUT2D eigenvalue weighted by molar-refractivity contribution is -0.141. The van der Waals surface area contributed by atoms with Gasteiger partial charge in [-0.05, 0) is 57.4 Å². The number of hydrogen-bond donors (Lipinski definition) is 1. The molecule has 0 bridgehead atoms. The van der Waals surface area contributed by atoms with Crippen molar-refractivity contribution in [3.8, 4) is 11.6 Å². The summed E-state index contributed by atoms with van der Waals surface area (Å²) in [5.41, 5.74) is 2.51. The van der Waals surface area contributed by atoms with Crippen molar-refractivity contribution >= 4 is 23.1 Å². The molecule has 0 radical (unpaired) electrons. The largest absolute Gasteiger partial charge is 0.434 e. The van der Waals surface area contributed by atoms with E-state index in [1.165, 1.54) is 18.2 Å². The molecule has 1 fully saturated rings. The first-order valence-corrected chi connectivity index (χ1v) is 11.6. The summed E-state index contributed by atoms with van der Waals surface area (Å²) in [4.78, 5) is 31.9. The van der Waals surface area contributed by atoms with E-state index in [9.17, 15) is 14.0 Å². The molecule has 0 aliphatic carbocycles. The van der Waals surface area contributed by atoms with Crippen LogP contribution in [0.15, 0.2) is 60.5 Å².